The summed E-state index contributed by atoms with van der Waals surface area (Å²) in [6.45, 7) is 14.0. The molecule has 2 atom stereocenters. The zero-order chi connectivity index (χ0) is 39.5. The Morgan fingerprint density at radius 3 is 2.21 bits per heavy atom. The smallest absolute Gasteiger partial charge is 0.218 e. The fourth-order valence-corrected chi connectivity index (χ4v) is 9.70. The lowest BCUT2D eigenvalue weighted by Crippen LogP contribution is -2.49. The molecule has 2 unspecified atom stereocenters. The van der Waals surface area contributed by atoms with Crippen molar-refractivity contribution in [2.24, 2.45) is 0 Å². The summed E-state index contributed by atoms with van der Waals surface area (Å²) < 4.78 is 4.93. The molecule has 0 spiro atoms. The van der Waals surface area contributed by atoms with Gasteiger partial charge in [-0.2, -0.15) is 9.13 Å². The summed E-state index contributed by atoms with van der Waals surface area (Å²) in [5.74, 6) is 0.345. The van der Waals surface area contributed by atoms with E-state index in [9.17, 15) is 0 Å². The van der Waals surface area contributed by atoms with Gasteiger partial charge in [-0.1, -0.05) is 124 Å². The molecule has 5 heterocycles. The molecule has 0 amide bonds. The van der Waals surface area contributed by atoms with E-state index in [4.69, 9.17) is 11.6 Å². The molecule has 0 aliphatic carbocycles. The van der Waals surface area contributed by atoms with Gasteiger partial charge >= 0.3 is 0 Å². The van der Waals surface area contributed by atoms with Crippen LogP contribution in [-0.4, -0.2) is 4.98 Å². The van der Waals surface area contributed by atoms with Crippen LogP contribution in [-0.2, 0) is 11.8 Å². The Morgan fingerprint density at radius 1 is 0.621 bits per heavy atom. The van der Waals surface area contributed by atoms with Crippen LogP contribution in [0.1, 0.15) is 67.8 Å². The van der Waals surface area contributed by atoms with Crippen LogP contribution in [0, 0.1) is 6.92 Å². The molecule has 58 heavy (non-hydrogen) atoms. The van der Waals surface area contributed by atoms with Gasteiger partial charge in [-0.05, 0) is 100 Å². The summed E-state index contributed by atoms with van der Waals surface area (Å²) in [5, 5.41) is 1.15. The summed E-state index contributed by atoms with van der Waals surface area (Å²) in [6.07, 6.45) is 9.38. The Bertz CT molecular complexity index is 2900. The largest absolute Gasteiger partial charge is 0.256 e. The first-order valence-electron chi connectivity index (χ1n) is 20.7. The third kappa shape index (κ3) is 6.17. The minimum Gasteiger partial charge on any atom is -0.256 e. The summed E-state index contributed by atoms with van der Waals surface area (Å²) in [7, 11) is 0. The highest BCUT2D eigenvalue weighted by Crippen LogP contribution is 2.45. The number of benzene rings is 5. The Balaban J connectivity index is 1.14. The van der Waals surface area contributed by atoms with Gasteiger partial charge in [-0.15, -0.1) is 0 Å². The van der Waals surface area contributed by atoms with Gasteiger partial charge < -0.3 is 0 Å². The van der Waals surface area contributed by atoms with Crippen molar-refractivity contribution in [2.45, 2.75) is 64.3 Å². The number of pyridine rings is 3. The average Bonchev–Trinajstić information content (AvgIpc) is 3.25. The lowest BCUT2D eigenvalue weighted by Gasteiger charge is -2.31. The molecule has 3 nitrogen and oxygen atoms in total. The van der Waals surface area contributed by atoms with Crippen molar-refractivity contribution in [1.82, 2.24) is 4.98 Å². The van der Waals surface area contributed by atoms with E-state index < -0.39 is 0 Å². The lowest BCUT2D eigenvalue weighted by molar-refractivity contribution is -0.720. The molecule has 2 aliphatic heterocycles. The second-order valence-corrected chi connectivity index (χ2v) is 17.3. The van der Waals surface area contributed by atoms with E-state index in [1.165, 1.54) is 72.6 Å². The number of aryl methyl sites for hydroxylation is 2. The SMILES string of the molecule is C=C1CC2C(CCc3ccc(-c4ccc(-c5ccccc5-c5ccccc5)c5ncccc45)cc3-c3cc(C(C)(C)C)cc[n+]31)c1ccccc1-c1cc(C)cc[n+]12. The topological polar surface area (TPSA) is 20.6 Å². The molecule has 10 rings (SSSR count). The standard InChI is InChI=1S/C55H49N3/c1-36-27-30-58-51(32-36)46-19-12-11-18-45(46)47-24-23-39-21-22-40(34-50(39)53-35-41(55(3,4)5)28-31-57(53)37(2)33-52(47)58)43-25-26-49(54-48(43)20-13-29-56-54)44-17-10-9-16-42(44)38-14-7-6-8-15-38/h6-22,25-32,34-35,47,52H,2,23-24,33H2,1,3-5H3/q+2. The van der Waals surface area contributed by atoms with Crippen molar-refractivity contribution in [1.29, 1.82) is 0 Å². The maximum absolute atomic E-state index is 5.06. The van der Waals surface area contributed by atoms with Crippen molar-refractivity contribution >= 4 is 16.6 Å². The Labute approximate surface area is 342 Å². The summed E-state index contributed by atoms with van der Waals surface area (Å²) in [5.41, 5.74) is 19.8. The fraction of sp³-hybridized carbons (Fsp3) is 0.182. The van der Waals surface area contributed by atoms with Crippen LogP contribution >= 0.6 is 0 Å². The van der Waals surface area contributed by atoms with E-state index in [0.29, 0.717) is 5.92 Å². The minimum atomic E-state index is -0.0113. The molecular weight excluding hydrogens is 703 g/mol. The summed E-state index contributed by atoms with van der Waals surface area (Å²) in [4.78, 5) is 5.06. The predicted molar refractivity (Wildman–Crippen MR) is 239 cm³/mol. The van der Waals surface area contributed by atoms with Crippen LogP contribution in [0.2, 0.25) is 0 Å². The molecule has 3 aromatic heterocycles. The van der Waals surface area contributed by atoms with Gasteiger partial charge in [0.1, 0.15) is 0 Å². The quantitative estimate of drug-likeness (QED) is 0.165. The lowest BCUT2D eigenvalue weighted by atomic mass is 9.77. The fourth-order valence-electron chi connectivity index (χ4n) is 9.70. The highest BCUT2D eigenvalue weighted by Gasteiger charge is 2.42. The molecule has 0 saturated heterocycles. The molecule has 0 fully saturated rings. The molecule has 2 aliphatic rings. The van der Waals surface area contributed by atoms with Gasteiger partial charge in [0.15, 0.2) is 24.1 Å². The summed E-state index contributed by atoms with van der Waals surface area (Å²) >= 11 is 0. The number of rotatable bonds is 3. The van der Waals surface area contributed by atoms with Crippen molar-refractivity contribution in [3.8, 4) is 55.9 Å². The monoisotopic (exact) mass is 751 g/mol. The van der Waals surface area contributed by atoms with Crippen molar-refractivity contribution in [3.05, 3.63) is 193 Å². The molecule has 282 valence electrons. The van der Waals surface area contributed by atoms with Crippen LogP contribution < -0.4 is 9.13 Å². The van der Waals surface area contributed by atoms with Crippen molar-refractivity contribution < 1.29 is 9.13 Å². The second-order valence-electron chi connectivity index (χ2n) is 17.3. The highest BCUT2D eigenvalue weighted by atomic mass is 15.0. The van der Waals surface area contributed by atoms with Crippen LogP contribution in [0.15, 0.2) is 171 Å². The van der Waals surface area contributed by atoms with Gasteiger partial charge in [-0.25, -0.2) is 0 Å². The molecule has 0 radical (unpaired) electrons. The van der Waals surface area contributed by atoms with Gasteiger partial charge in [0.25, 0.3) is 0 Å². The van der Waals surface area contributed by atoms with Gasteiger partial charge in [0.05, 0.1) is 17.5 Å². The number of allylic oxidation sites excluding steroid dienone is 1. The Hall–Kier alpha value is -6.45. The van der Waals surface area contributed by atoms with Gasteiger partial charge in [0, 0.05) is 52.9 Å². The van der Waals surface area contributed by atoms with Crippen LogP contribution in [0.3, 0.4) is 0 Å². The normalized spacial score (nSPS) is 16.1. The Morgan fingerprint density at radius 2 is 1.38 bits per heavy atom. The average molecular weight is 752 g/mol. The van der Waals surface area contributed by atoms with E-state index in [0.717, 1.165) is 41.4 Å². The van der Waals surface area contributed by atoms with E-state index in [-0.39, 0.29) is 11.5 Å². The van der Waals surface area contributed by atoms with Crippen LogP contribution in [0.25, 0.3) is 72.5 Å². The first-order valence-corrected chi connectivity index (χ1v) is 20.7. The van der Waals surface area contributed by atoms with Gasteiger partial charge in [0.2, 0.25) is 11.4 Å². The molecule has 3 heteroatoms. The molecule has 8 aromatic rings. The van der Waals surface area contributed by atoms with Crippen molar-refractivity contribution in [2.75, 3.05) is 0 Å². The number of aromatic nitrogens is 3. The number of hydrogen-bond acceptors (Lipinski definition) is 1. The second kappa shape index (κ2) is 14.2. The zero-order valence-electron chi connectivity index (χ0n) is 33.9. The molecular formula is C55H49N3+2. The number of fused-ring (bicyclic) bond motifs is 10. The van der Waals surface area contributed by atoms with E-state index >= 15 is 0 Å². The molecule has 0 N–H and O–H groups in total. The first kappa shape index (κ1) is 35.9. The molecule has 5 aromatic carbocycles. The van der Waals surface area contributed by atoms with E-state index in [1.807, 2.05) is 6.20 Å². The third-order valence-electron chi connectivity index (χ3n) is 12.7. The van der Waals surface area contributed by atoms with E-state index in [1.54, 1.807) is 0 Å². The van der Waals surface area contributed by atoms with E-state index in [2.05, 4.69) is 195 Å². The number of hydrogen-bond donors (Lipinski definition) is 0. The number of nitrogens with zero attached hydrogens (tertiary/aromatic N) is 3. The maximum atomic E-state index is 5.06. The Kier molecular flexibility index (Phi) is 8.78. The highest BCUT2D eigenvalue weighted by molar-refractivity contribution is 6.05. The predicted octanol–water partition coefficient (Wildman–Crippen LogP) is 12.9. The maximum Gasteiger partial charge on any atom is 0.218 e. The van der Waals surface area contributed by atoms with Crippen molar-refractivity contribution in [3.63, 3.8) is 0 Å². The van der Waals surface area contributed by atoms with Crippen LogP contribution in [0.5, 0.6) is 0 Å². The first-order chi connectivity index (χ1) is 28.2. The molecule has 0 saturated carbocycles. The summed E-state index contributed by atoms with van der Waals surface area (Å²) in [6, 6.07) is 54.1. The minimum absolute atomic E-state index is 0.0113. The van der Waals surface area contributed by atoms with Crippen LogP contribution in [0.4, 0.5) is 0 Å². The third-order valence-corrected chi connectivity index (χ3v) is 12.7. The zero-order valence-corrected chi connectivity index (χ0v) is 33.9. The molecule has 0 bridgehead atoms. The van der Waals surface area contributed by atoms with Gasteiger partial charge in [-0.3, -0.25) is 4.98 Å².